The Hall–Kier alpha value is -2.67. The number of fused-ring (bicyclic) bond motifs is 6. The van der Waals surface area contributed by atoms with Crippen molar-refractivity contribution in [1.82, 2.24) is 0 Å². The molecule has 1 aliphatic carbocycles. The summed E-state index contributed by atoms with van der Waals surface area (Å²) in [5, 5.41) is 7.80. The van der Waals surface area contributed by atoms with Crippen LogP contribution in [0.2, 0.25) is 0 Å². The minimum absolute atomic E-state index is 1.11. The van der Waals surface area contributed by atoms with Gasteiger partial charge in [-0.25, -0.2) is 0 Å². The van der Waals surface area contributed by atoms with E-state index >= 15 is 0 Å². The molecule has 0 saturated heterocycles. The normalized spacial score (nSPS) is 13.6. The van der Waals surface area contributed by atoms with E-state index in [2.05, 4.69) is 65.7 Å². The molecular weight excluding hydrogens is 242 g/mol. The van der Waals surface area contributed by atoms with Gasteiger partial charge >= 0.3 is 0 Å². The maximum Gasteiger partial charge on any atom is 0.0781 e. The van der Waals surface area contributed by atoms with Gasteiger partial charge in [0.15, 0.2) is 0 Å². The SMILES string of the molecule is C1=Nc2c3c(ccc2=C1)=c1c(ccc2ccccc12)=C3. The number of hydrogen-bond acceptors (Lipinski definition) is 1. The van der Waals surface area contributed by atoms with Crippen molar-refractivity contribution in [2.24, 2.45) is 4.99 Å². The minimum Gasteiger partial charge on any atom is -0.256 e. The first-order valence-electron chi connectivity index (χ1n) is 6.83. The number of aliphatic imine (C=N–C) groups is 1. The molecule has 0 N–H and O–H groups in total. The summed E-state index contributed by atoms with van der Waals surface area (Å²) in [6.07, 6.45) is 6.23. The van der Waals surface area contributed by atoms with Gasteiger partial charge in [0.2, 0.25) is 0 Å². The largest absolute Gasteiger partial charge is 0.256 e. The number of benzene rings is 3. The van der Waals surface area contributed by atoms with Crippen molar-refractivity contribution in [3.05, 3.63) is 75.0 Å². The first-order chi connectivity index (χ1) is 9.92. The van der Waals surface area contributed by atoms with Crippen LogP contribution in [-0.2, 0) is 0 Å². The molecule has 0 radical (unpaired) electrons. The zero-order valence-corrected chi connectivity index (χ0v) is 10.8. The molecule has 1 nitrogen and oxygen atoms in total. The van der Waals surface area contributed by atoms with Gasteiger partial charge in [-0.1, -0.05) is 48.5 Å². The smallest absolute Gasteiger partial charge is 0.0781 e. The van der Waals surface area contributed by atoms with Crippen molar-refractivity contribution in [2.45, 2.75) is 0 Å². The summed E-state index contributed by atoms with van der Waals surface area (Å²) < 4.78 is 0. The van der Waals surface area contributed by atoms with Gasteiger partial charge in [-0.15, -0.1) is 0 Å². The molecule has 0 aromatic heterocycles. The third kappa shape index (κ3) is 1.15. The molecule has 3 aromatic rings. The Morgan fingerprint density at radius 3 is 2.70 bits per heavy atom. The summed E-state index contributed by atoms with van der Waals surface area (Å²) in [4.78, 5) is 4.52. The maximum atomic E-state index is 4.52. The third-order valence-corrected chi connectivity index (χ3v) is 4.24. The quantitative estimate of drug-likeness (QED) is 0.457. The number of rotatable bonds is 0. The van der Waals surface area contributed by atoms with Crippen LogP contribution in [0.4, 0.5) is 5.69 Å². The molecule has 20 heavy (non-hydrogen) atoms. The van der Waals surface area contributed by atoms with Crippen LogP contribution < -0.4 is 10.4 Å². The average molecular weight is 253 g/mol. The Morgan fingerprint density at radius 1 is 0.800 bits per heavy atom. The van der Waals surface area contributed by atoms with Crippen LogP contribution >= 0.6 is 0 Å². The molecule has 0 bridgehead atoms. The Labute approximate surface area is 115 Å². The van der Waals surface area contributed by atoms with E-state index in [9.17, 15) is 0 Å². The zero-order chi connectivity index (χ0) is 13.1. The molecule has 1 heteroatoms. The fourth-order valence-electron chi connectivity index (χ4n) is 3.32. The minimum atomic E-state index is 1.11. The highest BCUT2D eigenvalue weighted by molar-refractivity contribution is 5.98. The van der Waals surface area contributed by atoms with Gasteiger partial charge in [0.1, 0.15) is 0 Å². The lowest BCUT2D eigenvalue weighted by atomic mass is 10.1. The van der Waals surface area contributed by atoms with Crippen molar-refractivity contribution >= 4 is 34.8 Å². The van der Waals surface area contributed by atoms with Crippen LogP contribution in [0.1, 0.15) is 5.56 Å². The summed E-state index contributed by atoms with van der Waals surface area (Å²) >= 11 is 0. The van der Waals surface area contributed by atoms with Crippen molar-refractivity contribution < 1.29 is 0 Å². The molecular formula is C19H11N. The summed E-state index contributed by atoms with van der Waals surface area (Å²) in [6.45, 7) is 0. The highest BCUT2D eigenvalue weighted by Gasteiger charge is 2.11. The molecule has 1 aliphatic heterocycles. The predicted molar refractivity (Wildman–Crippen MR) is 83.5 cm³/mol. The van der Waals surface area contributed by atoms with Crippen LogP contribution in [0.15, 0.2) is 53.5 Å². The van der Waals surface area contributed by atoms with E-state index in [0.717, 1.165) is 5.69 Å². The topological polar surface area (TPSA) is 12.4 Å². The zero-order valence-electron chi connectivity index (χ0n) is 10.8. The third-order valence-electron chi connectivity index (χ3n) is 4.24. The lowest BCUT2D eigenvalue weighted by Gasteiger charge is -1.99. The molecule has 3 aromatic carbocycles. The second-order valence-corrected chi connectivity index (χ2v) is 5.30. The van der Waals surface area contributed by atoms with Gasteiger partial charge in [0.25, 0.3) is 0 Å². The molecule has 92 valence electrons. The average Bonchev–Trinajstić information content (AvgIpc) is 3.10. The predicted octanol–water partition coefficient (Wildman–Crippen LogP) is 2.77. The molecule has 0 saturated carbocycles. The summed E-state index contributed by atoms with van der Waals surface area (Å²) in [7, 11) is 0. The molecule has 0 amide bonds. The van der Waals surface area contributed by atoms with Gasteiger partial charge in [-0.3, -0.25) is 4.99 Å². The fraction of sp³-hybridized carbons (Fsp3) is 0. The van der Waals surface area contributed by atoms with Gasteiger partial charge in [0, 0.05) is 17.0 Å². The monoisotopic (exact) mass is 253 g/mol. The lowest BCUT2D eigenvalue weighted by Crippen LogP contribution is -1.99. The number of hydrogen-bond donors (Lipinski definition) is 0. The molecule has 0 unspecified atom stereocenters. The first kappa shape index (κ1) is 10.2. The Balaban J connectivity index is 2.16. The summed E-state index contributed by atoms with van der Waals surface area (Å²) in [5.74, 6) is 0. The molecule has 0 atom stereocenters. The van der Waals surface area contributed by atoms with Crippen LogP contribution in [0.3, 0.4) is 0 Å². The van der Waals surface area contributed by atoms with Gasteiger partial charge < -0.3 is 0 Å². The number of nitrogens with zero attached hydrogens (tertiary/aromatic N) is 1. The molecule has 1 heterocycles. The summed E-state index contributed by atoms with van der Waals surface area (Å²) in [6, 6.07) is 17.4. The lowest BCUT2D eigenvalue weighted by molar-refractivity contribution is 1.45. The Morgan fingerprint density at radius 2 is 1.70 bits per heavy atom. The van der Waals surface area contributed by atoms with Crippen LogP contribution in [-0.4, -0.2) is 6.21 Å². The molecule has 0 fully saturated rings. The van der Waals surface area contributed by atoms with E-state index in [1.54, 1.807) is 0 Å². The van der Waals surface area contributed by atoms with E-state index in [0.29, 0.717) is 0 Å². The van der Waals surface area contributed by atoms with E-state index in [4.69, 9.17) is 0 Å². The van der Waals surface area contributed by atoms with E-state index in [-0.39, 0.29) is 0 Å². The maximum absolute atomic E-state index is 4.52. The van der Waals surface area contributed by atoms with Crippen LogP contribution in [0, 0.1) is 10.4 Å². The van der Waals surface area contributed by atoms with E-state index in [1.165, 1.54) is 37.2 Å². The Bertz CT molecular complexity index is 1130. The van der Waals surface area contributed by atoms with Gasteiger partial charge in [-0.05, 0) is 38.6 Å². The molecule has 0 spiro atoms. The van der Waals surface area contributed by atoms with Crippen molar-refractivity contribution in [3.8, 4) is 0 Å². The standard InChI is InChI=1S/C19H11N/c1-2-4-15-12(3-1)5-6-14-11-17-16(18(14)15)8-7-13-9-10-20-19(13)17/h1-11H. The van der Waals surface area contributed by atoms with Crippen molar-refractivity contribution in [1.29, 1.82) is 0 Å². The second kappa shape index (κ2) is 3.45. The first-order valence-corrected chi connectivity index (χ1v) is 6.83. The Kier molecular flexibility index (Phi) is 1.75. The van der Waals surface area contributed by atoms with Crippen molar-refractivity contribution in [2.75, 3.05) is 0 Å². The second-order valence-electron chi connectivity index (χ2n) is 5.30. The fourth-order valence-corrected chi connectivity index (χ4v) is 3.32. The van der Waals surface area contributed by atoms with E-state index in [1.807, 2.05) is 6.21 Å². The van der Waals surface area contributed by atoms with Gasteiger partial charge in [-0.2, -0.15) is 0 Å². The highest BCUT2D eigenvalue weighted by atomic mass is 14.7. The van der Waals surface area contributed by atoms with Crippen LogP contribution in [0.5, 0.6) is 0 Å². The van der Waals surface area contributed by atoms with E-state index < -0.39 is 0 Å². The van der Waals surface area contributed by atoms with Crippen LogP contribution in [0.25, 0.3) is 22.9 Å². The van der Waals surface area contributed by atoms with Gasteiger partial charge in [0.05, 0.1) is 5.69 Å². The molecule has 5 rings (SSSR count). The molecule has 2 aliphatic rings. The van der Waals surface area contributed by atoms with Crippen molar-refractivity contribution in [3.63, 3.8) is 0 Å². The summed E-state index contributed by atoms with van der Waals surface area (Å²) in [5.41, 5.74) is 2.38. The highest BCUT2D eigenvalue weighted by Crippen LogP contribution is 2.24.